The zero-order chi connectivity index (χ0) is 25.7. The van der Waals surface area contributed by atoms with Crippen molar-refractivity contribution in [2.24, 2.45) is 0 Å². The smallest absolute Gasteiger partial charge is 0.417 e. The third-order valence-corrected chi connectivity index (χ3v) is 5.55. The summed E-state index contributed by atoms with van der Waals surface area (Å²) in [6, 6.07) is 13.3. The minimum Gasteiger partial charge on any atom is -0.457 e. The van der Waals surface area contributed by atoms with Gasteiger partial charge in [-0.05, 0) is 47.9 Å². The van der Waals surface area contributed by atoms with E-state index in [-0.39, 0.29) is 16.9 Å². The predicted molar refractivity (Wildman–Crippen MR) is 130 cm³/mol. The van der Waals surface area contributed by atoms with Crippen LogP contribution in [0, 0.1) is 0 Å². The minimum absolute atomic E-state index is 0.0279. The summed E-state index contributed by atoms with van der Waals surface area (Å²) in [4.78, 5) is 33.0. The molecule has 11 heteroatoms. The fraction of sp³-hybridized carbons (Fsp3) is 0.160. The molecular formula is C25H20ClF3N4O3. The van der Waals surface area contributed by atoms with E-state index in [1.54, 1.807) is 36.5 Å². The lowest BCUT2D eigenvalue weighted by molar-refractivity contribution is -0.137. The number of aromatic amines is 2. The SMILES string of the molecule is O=c1ccc(Cc2cnc(NCCc3ccc(Oc4ccc(Cl)c(C(F)(F)F)c4)cc3)[nH]c2=O)c[nH]1. The fourth-order valence-corrected chi connectivity index (χ4v) is 3.60. The number of nitrogens with one attached hydrogen (secondary N) is 3. The Balaban J connectivity index is 1.30. The van der Waals surface area contributed by atoms with Gasteiger partial charge in [-0.2, -0.15) is 13.2 Å². The second-order valence-corrected chi connectivity index (χ2v) is 8.29. The largest absolute Gasteiger partial charge is 0.457 e. The number of rotatable bonds is 8. The number of pyridine rings is 1. The average Bonchev–Trinajstić information content (AvgIpc) is 2.84. The van der Waals surface area contributed by atoms with Crippen LogP contribution >= 0.6 is 11.6 Å². The van der Waals surface area contributed by atoms with Crippen molar-refractivity contribution in [1.82, 2.24) is 15.0 Å². The van der Waals surface area contributed by atoms with E-state index in [9.17, 15) is 22.8 Å². The molecule has 0 fully saturated rings. The lowest BCUT2D eigenvalue weighted by Gasteiger charge is -2.12. The molecule has 0 aliphatic heterocycles. The van der Waals surface area contributed by atoms with Gasteiger partial charge in [0, 0.05) is 37.0 Å². The van der Waals surface area contributed by atoms with Crippen LogP contribution in [-0.4, -0.2) is 21.5 Å². The lowest BCUT2D eigenvalue weighted by Crippen LogP contribution is -2.18. The first-order valence-electron chi connectivity index (χ1n) is 10.8. The number of anilines is 1. The van der Waals surface area contributed by atoms with Gasteiger partial charge in [0.1, 0.15) is 11.5 Å². The lowest BCUT2D eigenvalue weighted by atomic mass is 10.1. The molecule has 0 saturated heterocycles. The molecule has 0 bridgehead atoms. The number of benzene rings is 2. The average molecular weight is 517 g/mol. The zero-order valence-electron chi connectivity index (χ0n) is 18.7. The van der Waals surface area contributed by atoms with E-state index in [4.69, 9.17) is 16.3 Å². The van der Waals surface area contributed by atoms with Crippen molar-refractivity contribution >= 4 is 17.5 Å². The first-order chi connectivity index (χ1) is 17.2. The van der Waals surface area contributed by atoms with Gasteiger partial charge in [0.25, 0.3) is 5.56 Å². The van der Waals surface area contributed by atoms with Crippen LogP contribution in [-0.2, 0) is 19.0 Å². The van der Waals surface area contributed by atoms with Crippen molar-refractivity contribution in [2.45, 2.75) is 19.0 Å². The Morgan fingerprint density at radius 1 is 0.972 bits per heavy atom. The highest BCUT2D eigenvalue weighted by atomic mass is 35.5. The first-order valence-corrected chi connectivity index (χ1v) is 11.2. The van der Waals surface area contributed by atoms with E-state index in [0.29, 0.717) is 36.6 Å². The predicted octanol–water partition coefficient (Wildman–Crippen LogP) is 5.17. The number of halogens is 4. The number of hydrogen-bond acceptors (Lipinski definition) is 5. The molecule has 7 nitrogen and oxygen atoms in total. The Labute approximate surface area is 208 Å². The molecule has 0 atom stereocenters. The summed E-state index contributed by atoms with van der Waals surface area (Å²) >= 11 is 5.64. The second kappa shape index (κ2) is 10.7. The molecule has 0 spiro atoms. The van der Waals surface area contributed by atoms with E-state index in [1.165, 1.54) is 18.3 Å². The first kappa shape index (κ1) is 25.1. The van der Waals surface area contributed by atoms with Gasteiger partial charge in [-0.25, -0.2) is 4.98 Å². The Hall–Kier alpha value is -4.05. The van der Waals surface area contributed by atoms with Crippen molar-refractivity contribution in [2.75, 3.05) is 11.9 Å². The van der Waals surface area contributed by atoms with E-state index in [0.717, 1.165) is 23.3 Å². The summed E-state index contributed by atoms with van der Waals surface area (Å²) in [5, 5.41) is 2.66. The number of ether oxygens (including phenoxy) is 1. The van der Waals surface area contributed by atoms with Crippen LogP contribution in [0.3, 0.4) is 0 Å². The maximum absolute atomic E-state index is 13.0. The van der Waals surface area contributed by atoms with E-state index in [1.807, 2.05) is 0 Å². The molecule has 4 aromatic rings. The van der Waals surface area contributed by atoms with Gasteiger partial charge < -0.3 is 15.0 Å². The molecular weight excluding hydrogens is 497 g/mol. The van der Waals surface area contributed by atoms with E-state index in [2.05, 4.69) is 20.3 Å². The maximum atomic E-state index is 13.0. The number of hydrogen-bond donors (Lipinski definition) is 3. The molecule has 2 heterocycles. The number of nitrogens with zero attached hydrogens (tertiary/aromatic N) is 1. The van der Waals surface area contributed by atoms with Crippen molar-refractivity contribution in [1.29, 1.82) is 0 Å². The van der Waals surface area contributed by atoms with Crippen molar-refractivity contribution < 1.29 is 17.9 Å². The minimum atomic E-state index is -4.57. The molecule has 2 aromatic carbocycles. The van der Waals surface area contributed by atoms with Gasteiger partial charge in [0.05, 0.1) is 10.6 Å². The second-order valence-electron chi connectivity index (χ2n) is 7.89. The molecule has 4 rings (SSSR count). The zero-order valence-corrected chi connectivity index (χ0v) is 19.4. The molecule has 3 N–H and O–H groups in total. The Morgan fingerprint density at radius 3 is 2.36 bits per heavy atom. The molecule has 0 aliphatic rings. The summed E-state index contributed by atoms with van der Waals surface area (Å²) < 4.78 is 44.6. The normalized spacial score (nSPS) is 11.3. The van der Waals surface area contributed by atoms with Gasteiger partial charge >= 0.3 is 6.18 Å². The van der Waals surface area contributed by atoms with Crippen LogP contribution in [0.5, 0.6) is 11.5 Å². The monoisotopic (exact) mass is 516 g/mol. The summed E-state index contributed by atoms with van der Waals surface area (Å²) in [6.45, 7) is 0.481. The quantitative estimate of drug-likeness (QED) is 0.300. The number of aromatic nitrogens is 3. The topological polar surface area (TPSA) is 99.9 Å². The number of alkyl halides is 3. The van der Waals surface area contributed by atoms with Gasteiger partial charge in [-0.15, -0.1) is 0 Å². The standard InChI is InChI=1S/C25H20ClF3N4O3/c26-21-7-6-19(12-20(21)25(27,28)29)36-18-4-1-15(2-5-18)9-10-30-24-32-14-17(23(35)33-24)11-16-3-8-22(34)31-13-16/h1-8,12-14H,9-11H2,(H,31,34)(H2,30,32,33,35). The van der Waals surface area contributed by atoms with Crippen LogP contribution in [0.25, 0.3) is 0 Å². The highest BCUT2D eigenvalue weighted by molar-refractivity contribution is 6.31. The Bertz CT molecular complexity index is 1450. The third-order valence-electron chi connectivity index (χ3n) is 5.22. The fourth-order valence-electron chi connectivity index (χ4n) is 3.38. The van der Waals surface area contributed by atoms with Crippen LogP contribution in [0.15, 0.2) is 76.6 Å². The summed E-state index contributed by atoms with van der Waals surface area (Å²) in [5.74, 6) is 0.736. The highest BCUT2D eigenvalue weighted by Gasteiger charge is 2.33. The highest BCUT2D eigenvalue weighted by Crippen LogP contribution is 2.37. The van der Waals surface area contributed by atoms with Crippen LogP contribution in [0.1, 0.15) is 22.3 Å². The Morgan fingerprint density at radius 2 is 1.69 bits per heavy atom. The van der Waals surface area contributed by atoms with Gasteiger partial charge in [-0.3, -0.25) is 14.6 Å². The van der Waals surface area contributed by atoms with Crippen molar-refractivity contribution in [3.63, 3.8) is 0 Å². The van der Waals surface area contributed by atoms with Gasteiger partial charge in [0.2, 0.25) is 11.5 Å². The molecule has 186 valence electrons. The maximum Gasteiger partial charge on any atom is 0.417 e. The van der Waals surface area contributed by atoms with Crippen LogP contribution in [0.2, 0.25) is 5.02 Å². The van der Waals surface area contributed by atoms with Gasteiger partial charge in [-0.1, -0.05) is 29.8 Å². The van der Waals surface area contributed by atoms with E-state index >= 15 is 0 Å². The molecule has 0 radical (unpaired) electrons. The van der Waals surface area contributed by atoms with Crippen molar-refractivity contribution in [3.05, 3.63) is 115 Å². The summed E-state index contributed by atoms with van der Waals surface area (Å²) in [6.07, 6.45) is -0.599. The molecule has 36 heavy (non-hydrogen) atoms. The molecule has 0 aliphatic carbocycles. The molecule has 0 saturated carbocycles. The van der Waals surface area contributed by atoms with Crippen LogP contribution in [0.4, 0.5) is 19.1 Å². The Kier molecular flexibility index (Phi) is 7.44. The van der Waals surface area contributed by atoms with E-state index < -0.39 is 16.8 Å². The third kappa shape index (κ3) is 6.54. The molecule has 0 amide bonds. The van der Waals surface area contributed by atoms with Gasteiger partial charge in [0.15, 0.2) is 0 Å². The molecule has 2 aromatic heterocycles. The number of H-pyrrole nitrogens is 2. The van der Waals surface area contributed by atoms with Crippen LogP contribution < -0.4 is 21.2 Å². The molecule has 0 unspecified atom stereocenters. The summed E-state index contributed by atoms with van der Waals surface area (Å²) in [5.41, 5.74) is 0.738. The van der Waals surface area contributed by atoms with Crippen molar-refractivity contribution in [3.8, 4) is 11.5 Å². The summed E-state index contributed by atoms with van der Waals surface area (Å²) in [7, 11) is 0.